The number of fused-ring (bicyclic) bond motifs is 1. The molecule has 1 aliphatic heterocycles. The second kappa shape index (κ2) is 9.68. The molecule has 1 unspecified atom stereocenters. The first-order valence-corrected chi connectivity index (χ1v) is 10.5. The van der Waals surface area contributed by atoms with Crippen LogP contribution < -0.4 is 5.32 Å². The van der Waals surface area contributed by atoms with E-state index in [9.17, 15) is 0 Å². The number of rotatable bonds is 8. The standard InChI is InChI=1S/C26H30N2/c1-3-10-22(11-4-1)18-26-19-24-14-7-8-15-25(24)21-28(26)17-9-16-27-20-23-12-5-2-6-13-23/h1-8,10-15,26-27H,9,16-21H2. The average molecular weight is 371 g/mol. The lowest BCUT2D eigenvalue weighted by atomic mass is 9.90. The minimum absolute atomic E-state index is 0.589. The van der Waals surface area contributed by atoms with Crippen LogP contribution in [0.25, 0.3) is 0 Å². The molecule has 0 radical (unpaired) electrons. The summed E-state index contributed by atoms with van der Waals surface area (Å²) in [7, 11) is 0. The average Bonchev–Trinajstić information content (AvgIpc) is 2.75. The summed E-state index contributed by atoms with van der Waals surface area (Å²) in [4.78, 5) is 2.69. The zero-order valence-electron chi connectivity index (χ0n) is 16.6. The van der Waals surface area contributed by atoms with Crippen molar-refractivity contribution in [1.82, 2.24) is 10.2 Å². The Kier molecular flexibility index (Phi) is 6.54. The van der Waals surface area contributed by atoms with Crippen molar-refractivity contribution in [2.75, 3.05) is 13.1 Å². The van der Waals surface area contributed by atoms with Gasteiger partial charge in [-0.3, -0.25) is 4.90 Å². The Labute approximate surface area is 169 Å². The van der Waals surface area contributed by atoms with Crippen molar-refractivity contribution in [2.24, 2.45) is 0 Å². The third-order valence-corrected chi connectivity index (χ3v) is 5.75. The Balaban J connectivity index is 1.34. The summed E-state index contributed by atoms with van der Waals surface area (Å²) < 4.78 is 0. The number of nitrogens with zero attached hydrogens (tertiary/aromatic N) is 1. The molecular formula is C26H30N2. The van der Waals surface area contributed by atoms with Crippen LogP contribution in [-0.4, -0.2) is 24.0 Å². The second-order valence-corrected chi connectivity index (χ2v) is 7.80. The molecule has 2 nitrogen and oxygen atoms in total. The van der Waals surface area contributed by atoms with Gasteiger partial charge in [0.05, 0.1) is 0 Å². The highest BCUT2D eigenvalue weighted by Gasteiger charge is 2.25. The first kappa shape index (κ1) is 18.9. The lowest BCUT2D eigenvalue weighted by Gasteiger charge is -2.37. The zero-order chi connectivity index (χ0) is 19.0. The molecule has 0 aromatic heterocycles. The minimum atomic E-state index is 0.589. The molecule has 4 rings (SSSR count). The van der Waals surface area contributed by atoms with Gasteiger partial charge in [-0.05, 0) is 48.1 Å². The van der Waals surface area contributed by atoms with Gasteiger partial charge < -0.3 is 5.32 Å². The highest BCUT2D eigenvalue weighted by atomic mass is 15.2. The van der Waals surface area contributed by atoms with E-state index >= 15 is 0 Å². The smallest absolute Gasteiger partial charge is 0.0239 e. The van der Waals surface area contributed by atoms with Gasteiger partial charge in [0, 0.05) is 25.7 Å². The summed E-state index contributed by atoms with van der Waals surface area (Å²) in [5.74, 6) is 0. The fourth-order valence-electron chi connectivity index (χ4n) is 4.23. The monoisotopic (exact) mass is 370 g/mol. The molecule has 0 saturated carbocycles. The van der Waals surface area contributed by atoms with E-state index in [1.165, 1.54) is 28.7 Å². The summed E-state index contributed by atoms with van der Waals surface area (Å²) in [6.07, 6.45) is 3.47. The highest BCUT2D eigenvalue weighted by Crippen LogP contribution is 2.25. The van der Waals surface area contributed by atoms with Crippen molar-refractivity contribution in [3.8, 4) is 0 Å². The molecule has 1 heterocycles. The van der Waals surface area contributed by atoms with Gasteiger partial charge in [0.15, 0.2) is 0 Å². The Morgan fingerprint density at radius 1 is 0.750 bits per heavy atom. The van der Waals surface area contributed by atoms with E-state index in [4.69, 9.17) is 0 Å². The Morgan fingerprint density at radius 3 is 2.14 bits per heavy atom. The van der Waals surface area contributed by atoms with E-state index in [-0.39, 0.29) is 0 Å². The molecule has 1 aliphatic rings. The SMILES string of the molecule is c1ccc(CNCCCN2Cc3ccccc3CC2Cc2ccccc2)cc1. The predicted octanol–water partition coefficient (Wildman–Crippen LogP) is 4.84. The maximum absolute atomic E-state index is 3.60. The van der Waals surface area contributed by atoms with E-state index in [1.54, 1.807) is 0 Å². The number of hydrogen-bond acceptors (Lipinski definition) is 2. The zero-order valence-corrected chi connectivity index (χ0v) is 16.6. The van der Waals surface area contributed by atoms with E-state index in [2.05, 4.69) is 95.1 Å². The largest absolute Gasteiger partial charge is 0.313 e. The van der Waals surface area contributed by atoms with Crippen LogP contribution in [0.5, 0.6) is 0 Å². The van der Waals surface area contributed by atoms with Gasteiger partial charge in [0.2, 0.25) is 0 Å². The van der Waals surface area contributed by atoms with E-state index in [0.717, 1.165) is 39.0 Å². The molecule has 2 heteroatoms. The maximum Gasteiger partial charge on any atom is 0.0239 e. The molecule has 0 fully saturated rings. The molecule has 28 heavy (non-hydrogen) atoms. The molecule has 3 aromatic carbocycles. The van der Waals surface area contributed by atoms with Crippen molar-refractivity contribution in [3.63, 3.8) is 0 Å². The maximum atomic E-state index is 3.60. The quantitative estimate of drug-likeness (QED) is 0.571. The van der Waals surface area contributed by atoms with Gasteiger partial charge in [0.25, 0.3) is 0 Å². The van der Waals surface area contributed by atoms with Crippen LogP contribution >= 0.6 is 0 Å². The van der Waals surface area contributed by atoms with Crippen molar-refractivity contribution >= 4 is 0 Å². The Bertz CT molecular complexity index is 845. The molecule has 0 amide bonds. The van der Waals surface area contributed by atoms with Gasteiger partial charge in [-0.2, -0.15) is 0 Å². The molecule has 0 spiro atoms. The topological polar surface area (TPSA) is 15.3 Å². The number of nitrogens with one attached hydrogen (secondary N) is 1. The lowest BCUT2D eigenvalue weighted by molar-refractivity contribution is 0.167. The summed E-state index contributed by atoms with van der Waals surface area (Å²) in [5.41, 5.74) is 5.83. The molecule has 144 valence electrons. The summed E-state index contributed by atoms with van der Waals surface area (Å²) in [5, 5.41) is 3.60. The van der Waals surface area contributed by atoms with Crippen LogP contribution in [0.3, 0.4) is 0 Å². The van der Waals surface area contributed by atoms with E-state index in [1.807, 2.05) is 0 Å². The van der Waals surface area contributed by atoms with Gasteiger partial charge in [-0.1, -0.05) is 84.9 Å². The minimum Gasteiger partial charge on any atom is -0.313 e. The molecule has 0 aliphatic carbocycles. The van der Waals surface area contributed by atoms with Crippen LogP contribution in [0.4, 0.5) is 0 Å². The predicted molar refractivity (Wildman–Crippen MR) is 117 cm³/mol. The highest BCUT2D eigenvalue weighted by molar-refractivity contribution is 5.31. The fraction of sp³-hybridized carbons (Fsp3) is 0.308. The van der Waals surface area contributed by atoms with Gasteiger partial charge in [-0.15, -0.1) is 0 Å². The normalized spacial score (nSPS) is 16.6. The third kappa shape index (κ3) is 5.09. The van der Waals surface area contributed by atoms with Gasteiger partial charge in [-0.25, -0.2) is 0 Å². The van der Waals surface area contributed by atoms with Crippen LogP contribution in [0.1, 0.15) is 28.7 Å². The van der Waals surface area contributed by atoms with Crippen molar-refractivity contribution in [3.05, 3.63) is 107 Å². The third-order valence-electron chi connectivity index (χ3n) is 5.75. The van der Waals surface area contributed by atoms with Crippen LogP contribution in [-0.2, 0) is 25.9 Å². The summed E-state index contributed by atoms with van der Waals surface area (Å²) in [6, 6.07) is 31.2. The van der Waals surface area contributed by atoms with E-state index < -0.39 is 0 Å². The van der Waals surface area contributed by atoms with Gasteiger partial charge in [0.1, 0.15) is 0 Å². The fourth-order valence-corrected chi connectivity index (χ4v) is 4.23. The second-order valence-electron chi connectivity index (χ2n) is 7.80. The van der Waals surface area contributed by atoms with Crippen molar-refractivity contribution < 1.29 is 0 Å². The van der Waals surface area contributed by atoms with Crippen molar-refractivity contribution in [2.45, 2.75) is 38.4 Å². The molecule has 0 bridgehead atoms. The van der Waals surface area contributed by atoms with Crippen LogP contribution in [0.2, 0.25) is 0 Å². The number of benzene rings is 3. The Morgan fingerprint density at radius 2 is 1.39 bits per heavy atom. The Hall–Kier alpha value is -2.42. The van der Waals surface area contributed by atoms with Crippen LogP contribution in [0.15, 0.2) is 84.9 Å². The van der Waals surface area contributed by atoms with Gasteiger partial charge >= 0.3 is 0 Å². The van der Waals surface area contributed by atoms with Crippen LogP contribution in [0, 0.1) is 0 Å². The first-order valence-electron chi connectivity index (χ1n) is 10.5. The molecule has 1 N–H and O–H groups in total. The lowest BCUT2D eigenvalue weighted by Crippen LogP contribution is -2.42. The molecular weight excluding hydrogens is 340 g/mol. The number of hydrogen-bond donors (Lipinski definition) is 1. The summed E-state index contributed by atoms with van der Waals surface area (Å²) >= 11 is 0. The molecule has 1 atom stereocenters. The van der Waals surface area contributed by atoms with Crippen molar-refractivity contribution in [1.29, 1.82) is 0 Å². The first-order chi connectivity index (χ1) is 13.9. The molecule has 3 aromatic rings. The summed E-state index contributed by atoms with van der Waals surface area (Å²) in [6.45, 7) is 4.24. The molecule has 0 saturated heterocycles. The van der Waals surface area contributed by atoms with E-state index in [0.29, 0.717) is 6.04 Å².